The summed E-state index contributed by atoms with van der Waals surface area (Å²) in [6.45, 7) is 3.34. The summed E-state index contributed by atoms with van der Waals surface area (Å²) in [5, 5.41) is 15.7. The van der Waals surface area contributed by atoms with Crippen LogP contribution in [-0.2, 0) is 6.54 Å². The molecule has 2 atom stereocenters. The normalized spacial score (nSPS) is 17.6. The summed E-state index contributed by atoms with van der Waals surface area (Å²) < 4.78 is 16.4. The number of aromatic nitrogens is 1. The Labute approximate surface area is 178 Å². The van der Waals surface area contributed by atoms with E-state index in [0.29, 0.717) is 37.1 Å². The lowest BCUT2D eigenvalue weighted by Gasteiger charge is -2.16. The number of carbonyl (C=O) groups is 1. The molecule has 0 saturated heterocycles. The average molecular weight is 424 g/mol. The number of aromatic carboxylic acids is 1. The maximum Gasteiger partial charge on any atom is 0.341 e. The summed E-state index contributed by atoms with van der Waals surface area (Å²) in [4.78, 5) is 23.9. The van der Waals surface area contributed by atoms with E-state index in [9.17, 15) is 19.1 Å². The van der Waals surface area contributed by atoms with Crippen LogP contribution in [0.25, 0.3) is 10.9 Å². The molecular formula is C23H25FN4O3. The van der Waals surface area contributed by atoms with Crippen LogP contribution in [0.5, 0.6) is 0 Å². The van der Waals surface area contributed by atoms with E-state index in [-0.39, 0.29) is 16.8 Å². The molecule has 31 heavy (non-hydrogen) atoms. The van der Waals surface area contributed by atoms with Crippen LogP contribution in [0.2, 0.25) is 0 Å². The predicted molar refractivity (Wildman–Crippen MR) is 119 cm³/mol. The first-order valence-electron chi connectivity index (χ1n) is 10.3. The summed E-state index contributed by atoms with van der Waals surface area (Å²) in [5.74, 6) is -1.60. The largest absolute Gasteiger partial charge is 0.477 e. The molecule has 1 heterocycles. The van der Waals surface area contributed by atoms with Crippen molar-refractivity contribution in [1.82, 2.24) is 9.88 Å². The zero-order chi connectivity index (χ0) is 22.1. The number of halogens is 1. The Morgan fingerprint density at radius 1 is 1.29 bits per heavy atom. The zero-order valence-electron chi connectivity index (χ0n) is 17.2. The maximum absolute atomic E-state index is 14.9. The molecule has 1 aromatic heterocycles. The van der Waals surface area contributed by atoms with Gasteiger partial charge in [0.2, 0.25) is 5.43 Å². The van der Waals surface area contributed by atoms with E-state index in [1.165, 1.54) is 17.8 Å². The Kier molecular flexibility index (Phi) is 5.65. The van der Waals surface area contributed by atoms with Crippen LogP contribution in [0.1, 0.15) is 35.2 Å². The molecule has 3 aromatic rings. The number of fused-ring (bicyclic) bond motifs is 1. The Morgan fingerprint density at radius 3 is 2.71 bits per heavy atom. The number of carboxylic acids is 1. The van der Waals surface area contributed by atoms with Gasteiger partial charge in [-0.3, -0.25) is 4.79 Å². The van der Waals surface area contributed by atoms with Gasteiger partial charge >= 0.3 is 5.97 Å². The van der Waals surface area contributed by atoms with Crippen molar-refractivity contribution in [2.75, 3.05) is 24.1 Å². The second-order valence-corrected chi connectivity index (χ2v) is 7.75. The molecule has 162 valence electrons. The van der Waals surface area contributed by atoms with Crippen molar-refractivity contribution < 1.29 is 14.3 Å². The molecule has 1 aliphatic rings. The number of hydrogen-bond acceptors (Lipinski definition) is 5. The lowest BCUT2D eigenvalue weighted by molar-refractivity contribution is 0.0695. The third kappa shape index (κ3) is 3.98. The topological polar surface area (TPSA) is 109 Å². The molecule has 0 radical (unpaired) electrons. The standard InChI is InChI=1S/C23H25FN4O3/c1-2-28-12-15(23(30)31)22(29)19-18(28)11-17(20(24)21(19)25)27-9-8-26-16-10-14(16)13-6-4-3-5-7-13/h3-7,11-12,14,16,26-27H,2,8-10,25H2,1H3,(H,30,31). The highest BCUT2D eigenvalue weighted by atomic mass is 19.1. The third-order valence-electron chi connectivity index (χ3n) is 5.78. The predicted octanol–water partition coefficient (Wildman–Crippen LogP) is 3.00. The van der Waals surface area contributed by atoms with Gasteiger partial charge in [0.05, 0.1) is 22.3 Å². The minimum absolute atomic E-state index is 0.105. The molecule has 1 aliphatic carbocycles. The summed E-state index contributed by atoms with van der Waals surface area (Å²) in [7, 11) is 0. The second kappa shape index (κ2) is 8.39. The van der Waals surface area contributed by atoms with E-state index < -0.39 is 22.8 Å². The summed E-state index contributed by atoms with van der Waals surface area (Å²) in [5.41, 5.74) is 6.28. The van der Waals surface area contributed by atoms with Crippen molar-refractivity contribution in [3.63, 3.8) is 0 Å². The van der Waals surface area contributed by atoms with E-state index in [2.05, 4.69) is 22.8 Å². The van der Waals surface area contributed by atoms with E-state index >= 15 is 0 Å². The first kappa shape index (κ1) is 20.9. The van der Waals surface area contributed by atoms with Crippen LogP contribution in [-0.4, -0.2) is 34.8 Å². The number of carboxylic acid groups (broad SMARTS) is 1. The molecule has 0 amide bonds. The van der Waals surface area contributed by atoms with Crippen molar-refractivity contribution in [3.8, 4) is 0 Å². The number of nitrogens with two attached hydrogens (primary N) is 1. The number of nitrogens with one attached hydrogen (secondary N) is 2. The Morgan fingerprint density at radius 2 is 2.03 bits per heavy atom. The van der Waals surface area contributed by atoms with Gasteiger partial charge in [-0.05, 0) is 25.0 Å². The molecule has 1 fully saturated rings. The fraction of sp³-hybridized carbons (Fsp3) is 0.304. The molecule has 2 unspecified atom stereocenters. The highest BCUT2D eigenvalue weighted by Crippen LogP contribution is 2.40. The molecule has 4 rings (SSSR count). The van der Waals surface area contributed by atoms with Gasteiger partial charge in [-0.1, -0.05) is 30.3 Å². The number of nitrogens with zero attached hydrogens (tertiary/aromatic N) is 1. The fourth-order valence-corrected chi connectivity index (χ4v) is 4.04. The highest BCUT2D eigenvalue weighted by Gasteiger charge is 2.37. The fourth-order valence-electron chi connectivity index (χ4n) is 4.04. The molecule has 0 aliphatic heterocycles. The Hall–Kier alpha value is -3.39. The lowest BCUT2D eigenvalue weighted by atomic mass is 10.1. The SMILES string of the molecule is CCn1cc(C(=O)O)c(=O)c2c(N)c(F)c(NCCNC3CC3c3ccccc3)cc21. The lowest BCUT2D eigenvalue weighted by Crippen LogP contribution is -2.25. The quantitative estimate of drug-likeness (QED) is 0.327. The number of anilines is 2. The molecule has 5 N–H and O–H groups in total. The minimum atomic E-state index is -1.36. The van der Waals surface area contributed by atoms with Gasteiger partial charge in [-0.15, -0.1) is 0 Å². The van der Waals surface area contributed by atoms with Gasteiger partial charge in [0.15, 0.2) is 5.82 Å². The van der Waals surface area contributed by atoms with E-state index in [4.69, 9.17) is 5.73 Å². The monoisotopic (exact) mass is 424 g/mol. The maximum atomic E-state index is 14.9. The molecule has 1 saturated carbocycles. The van der Waals surface area contributed by atoms with E-state index in [1.807, 2.05) is 25.1 Å². The van der Waals surface area contributed by atoms with Crippen LogP contribution < -0.4 is 21.8 Å². The van der Waals surface area contributed by atoms with Crippen LogP contribution in [0.4, 0.5) is 15.8 Å². The molecule has 0 spiro atoms. The van der Waals surface area contributed by atoms with Gasteiger partial charge in [0, 0.05) is 37.8 Å². The van der Waals surface area contributed by atoms with Crippen LogP contribution in [0, 0.1) is 5.82 Å². The van der Waals surface area contributed by atoms with E-state index in [1.54, 1.807) is 4.57 Å². The molecule has 2 aromatic carbocycles. The Bertz CT molecular complexity index is 1190. The number of hydrogen-bond donors (Lipinski definition) is 4. The zero-order valence-corrected chi connectivity index (χ0v) is 17.2. The van der Waals surface area contributed by atoms with Gasteiger partial charge in [0.1, 0.15) is 5.56 Å². The van der Waals surface area contributed by atoms with Crippen molar-refractivity contribution in [3.05, 3.63) is 69.8 Å². The number of nitrogen functional groups attached to an aromatic ring is 1. The highest BCUT2D eigenvalue weighted by molar-refractivity contribution is 5.99. The Balaban J connectivity index is 1.48. The molecule has 8 heteroatoms. The van der Waals surface area contributed by atoms with E-state index in [0.717, 1.165) is 6.42 Å². The van der Waals surface area contributed by atoms with Crippen LogP contribution in [0.3, 0.4) is 0 Å². The number of pyridine rings is 1. The van der Waals surface area contributed by atoms with Gasteiger partial charge in [-0.25, -0.2) is 9.18 Å². The number of rotatable bonds is 8. The smallest absolute Gasteiger partial charge is 0.341 e. The molecule has 0 bridgehead atoms. The summed E-state index contributed by atoms with van der Waals surface area (Å²) in [6, 6.07) is 12.3. The third-order valence-corrected chi connectivity index (χ3v) is 5.78. The first-order chi connectivity index (χ1) is 14.9. The van der Waals surface area contributed by atoms with Crippen molar-refractivity contribution in [1.29, 1.82) is 0 Å². The van der Waals surface area contributed by atoms with Crippen molar-refractivity contribution >= 4 is 28.2 Å². The summed E-state index contributed by atoms with van der Waals surface area (Å²) >= 11 is 0. The second-order valence-electron chi connectivity index (χ2n) is 7.75. The van der Waals surface area contributed by atoms with Gasteiger partial charge < -0.3 is 26.0 Å². The summed E-state index contributed by atoms with van der Waals surface area (Å²) in [6.07, 6.45) is 2.35. The van der Waals surface area contributed by atoms with Crippen LogP contribution in [0.15, 0.2) is 47.4 Å². The average Bonchev–Trinajstić information content (AvgIpc) is 3.54. The van der Waals surface area contributed by atoms with Crippen molar-refractivity contribution in [2.24, 2.45) is 0 Å². The van der Waals surface area contributed by atoms with Crippen molar-refractivity contribution in [2.45, 2.75) is 31.8 Å². The minimum Gasteiger partial charge on any atom is -0.477 e. The molecular weight excluding hydrogens is 399 g/mol. The number of benzene rings is 2. The van der Waals surface area contributed by atoms with Gasteiger partial charge in [-0.2, -0.15) is 0 Å². The van der Waals surface area contributed by atoms with Crippen LogP contribution >= 0.6 is 0 Å². The first-order valence-corrected chi connectivity index (χ1v) is 10.3. The van der Waals surface area contributed by atoms with Gasteiger partial charge in [0.25, 0.3) is 0 Å². The number of aryl methyl sites for hydroxylation is 1. The molecule has 7 nitrogen and oxygen atoms in total.